The SMILES string of the molecule is Cc1cccc(-c2ccc(OC[C@@H]3CCCN3C)cc2)c1. The van der Waals surface area contributed by atoms with E-state index >= 15 is 0 Å². The molecule has 0 bridgehead atoms. The summed E-state index contributed by atoms with van der Waals surface area (Å²) in [6.45, 7) is 4.11. The van der Waals surface area contributed by atoms with Crippen molar-refractivity contribution < 1.29 is 4.74 Å². The smallest absolute Gasteiger partial charge is 0.119 e. The number of hydrogen-bond donors (Lipinski definition) is 0. The van der Waals surface area contributed by atoms with Crippen LogP contribution in [0.15, 0.2) is 48.5 Å². The summed E-state index contributed by atoms with van der Waals surface area (Å²) in [5, 5.41) is 0. The Morgan fingerprint density at radius 2 is 1.90 bits per heavy atom. The standard InChI is InChI=1S/C19H23NO/c1-15-5-3-6-17(13-15)16-8-10-19(11-9-16)21-14-18-7-4-12-20(18)2/h3,5-6,8-11,13,18H,4,7,12,14H2,1-2H3/t18-/m0/s1. The maximum Gasteiger partial charge on any atom is 0.119 e. The van der Waals surface area contributed by atoms with Gasteiger partial charge in [-0.3, -0.25) is 0 Å². The molecule has 1 saturated heterocycles. The van der Waals surface area contributed by atoms with E-state index in [1.165, 1.54) is 36.1 Å². The number of aryl methyl sites for hydroxylation is 1. The highest BCUT2D eigenvalue weighted by molar-refractivity contribution is 5.64. The summed E-state index contributed by atoms with van der Waals surface area (Å²) in [7, 11) is 2.18. The monoisotopic (exact) mass is 281 g/mol. The highest BCUT2D eigenvalue weighted by atomic mass is 16.5. The van der Waals surface area contributed by atoms with Crippen LogP contribution in [0.25, 0.3) is 11.1 Å². The van der Waals surface area contributed by atoms with Crippen molar-refractivity contribution >= 4 is 0 Å². The second-order valence-corrected chi connectivity index (χ2v) is 5.98. The molecule has 0 aromatic heterocycles. The zero-order chi connectivity index (χ0) is 14.7. The average Bonchev–Trinajstić information content (AvgIpc) is 2.91. The summed E-state index contributed by atoms with van der Waals surface area (Å²) in [5.74, 6) is 0.965. The molecule has 0 unspecified atom stereocenters. The van der Waals surface area contributed by atoms with Gasteiger partial charge in [-0.1, -0.05) is 42.0 Å². The fourth-order valence-corrected chi connectivity index (χ4v) is 2.95. The van der Waals surface area contributed by atoms with Crippen molar-refractivity contribution in [3.63, 3.8) is 0 Å². The first-order valence-corrected chi connectivity index (χ1v) is 7.72. The molecule has 110 valence electrons. The van der Waals surface area contributed by atoms with Crippen LogP contribution >= 0.6 is 0 Å². The normalized spacial score (nSPS) is 18.9. The summed E-state index contributed by atoms with van der Waals surface area (Å²) < 4.78 is 5.93. The molecule has 1 fully saturated rings. The topological polar surface area (TPSA) is 12.5 Å². The number of hydrogen-bond acceptors (Lipinski definition) is 2. The summed E-state index contributed by atoms with van der Waals surface area (Å²) in [6.07, 6.45) is 2.54. The first kappa shape index (κ1) is 14.2. The van der Waals surface area contributed by atoms with E-state index in [0.29, 0.717) is 6.04 Å². The van der Waals surface area contributed by atoms with Crippen LogP contribution in [0.2, 0.25) is 0 Å². The molecule has 21 heavy (non-hydrogen) atoms. The Bertz CT molecular complexity index is 591. The van der Waals surface area contributed by atoms with Crippen LogP contribution in [0.5, 0.6) is 5.75 Å². The molecular weight excluding hydrogens is 258 g/mol. The van der Waals surface area contributed by atoms with Gasteiger partial charge in [-0.2, -0.15) is 0 Å². The van der Waals surface area contributed by atoms with Crippen molar-refractivity contribution in [2.24, 2.45) is 0 Å². The van der Waals surface area contributed by atoms with Gasteiger partial charge in [-0.25, -0.2) is 0 Å². The first-order valence-electron chi connectivity index (χ1n) is 7.72. The third-order valence-corrected chi connectivity index (χ3v) is 4.32. The fraction of sp³-hybridized carbons (Fsp3) is 0.368. The summed E-state index contributed by atoms with van der Waals surface area (Å²) in [6, 6.07) is 17.6. The molecule has 0 radical (unpaired) electrons. The molecule has 3 rings (SSSR count). The minimum Gasteiger partial charge on any atom is -0.492 e. The molecule has 1 atom stereocenters. The van der Waals surface area contributed by atoms with E-state index in [-0.39, 0.29) is 0 Å². The van der Waals surface area contributed by atoms with Crippen LogP contribution in [0.4, 0.5) is 0 Å². The molecule has 2 nitrogen and oxygen atoms in total. The van der Waals surface area contributed by atoms with Crippen molar-refractivity contribution in [2.45, 2.75) is 25.8 Å². The lowest BCUT2D eigenvalue weighted by atomic mass is 10.0. The van der Waals surface area contributed by atoms with Crippen molar-refractivity contribution in [3.05, 3.63) is 54.1 Å². The molecular formula is C19H23NO. The van der Waals surface area contributed by atoms with Gasteiger partial charge < -0.3 is 9.64 Å². The Labute approximate surface area is 127 Å². The molecule has 0 N–H and O–H groups in total. The first-order chi connectivity index (χ1) is 10.2. The Kier molecular flexibility index (Phi) is 4.26. The molecule has 0 saturated carbocycles. The number of benzene rings is 2. The molecule has 1 aliphatic heterocycles. The van der Waals surface area contributed by atoms with Gasteiger partial charge >= 0.3 is 0 Å². The van der Waals surface area contributed by atoms with Crippen molar-refractivity contribution in [1.82, 2.24) is 4.90 Å². The van der Waals surface area contributed by atoms with Gasteiger partial charge in [0, 0.05) is 6.04 Å². The predicted octanol–water partition coefficient (Wildman–Crippen LogP) is 4.14. The van der Waals surface area contributed by atoms with E-state index in [2.05, 4.69) is 67.4 Å². The number of rotatable bonds is 4. The average molecular weight is 281 g/mol. The Hall–Kier alpha value is -1.80. The summed E-state index contributed by atoms with van der Waals surface area (Å²) in [4.78, 5) is 2.39. The minimum absolute atomic E-state index is 0.571. The van der Waals surface area contributed by atoms with Crippen molar-refractivity contribution in [3.8, 4) is 16.9 Å². The van der Waals surface area contributed by atoms with Gasteiger partial charge in [0.25, 0.3) is 0 Å². The van der Waals surface area contributed by atoms with Crippen LogP contribution in [-0.4, -0.2) is 31.1 Å². The van der Waals surface area contributed by atoms with E-state index in [1.807, 2.05) is 0 Å². The molecule has 0 amide bonds. The maximum atomic E-state index is 5.93. The fourth-order valence-electron chi connectivity index (χ4n) is 2.95. The highest BCUT2D eigenvalue weighted by Crippen LogP contribution is 2.24. The Morgan fingerprint density at radius 3 is 2.57 bits per heavy atom. The van der Waals surface area contributed by atoms with Gasteiger partial charge in [-0.05, 0) is 56.6 Å². The molecule has 2 heteroatoms. The largest absolute Gasteiger partial charge is 0.492 e. The lowest BCUT2D eigenvalue weighted by molar-refractivity contribution is 0.198. The van der Waals surface area contributed by atoms with Crippen LogP contribution in [0.3, 0.4) is 0 Å². The zero-order valence-corrected chi connectivity index (χ0v) is 12.9. The number of ether oxygens (including phenoxy) is 1. The van der Waals surface area contributed by atoms with Gasteiger partial charge in [0.1, 0.15) is 12.4 Å². The lowest BCUT2D eigenvalue weighted by Crippen LogP contribution is -2.30. The minimum atomic E-state index is 0.571. The van der Waals surface area contributed by atoms with Crippen molar-refractivity contribution in [2.75, 3.05) is 20.2 Å². The lowest BCUT2D eigenvalue weighted by Gasteiger charge is -2.19. The molecule has 0 aliphatic carbocycles. The van der Waals surface area contributed by atoms with E-state index in [0.717, 1.165) is 12.4 Å². The van der Waals surface area contributed by atoms with E-state index in [1.54, 1.807) is 0 Å². The van der Waals surface area contributed by atoms with Crippen LogP contribution in [-0.2, 0) is 0 Å². The van der Waals surface area contributed by atoms with E-state index in [9.17, 15) is 0 Å². The van der Waals surface area contributed by atoms with Gasteiger partial charge in [0.05, 0.1) is 0 Å². The third-order valence-electron chi connectivity index (χ3n) is 4.32. The predicted molar refractivity (Wildman–Crippen MR) is 87.8 cm³/mol. The van der Waals surface area contributed by atoms with Crippen LogP contribution < -0.4 is 4.74 Å². The Morgan fingerprint density at radius 1 is 1.10 bits per heavy atom. The maximum absolute atomic E-state index is 5.93. The molecule has 2 aromatic rings. The second kappa shape index (κ2) is 6.31. The molecule has 2 aromatic carbocycles. The third kappa shape index (κ3) is 3.45. The number of nitrogens with zero attached hydrogens (tertiary/aromatic N) is 1. The number of likely N-dealkylation sites (N-methyl/N-ethyl adjacent to an activating group) is 1. The van der Waals surface area contributed by atoms with Gasteiger partial charge in [0.2, 0.25) is 0 Å². The van der Waals surface area contributed by atoms with Gasteiger partial charge in [-0.15, -0.1) is 0 Å². The Balaban J connectivity index is 1.64. The van der Waals surface area contributed by atoms with E-state index < -0.39 is 0 Å². The molecule has 0 spiro atoms. The second-order valence-electron chi connectivity index (χ2n) is 5.98. The van der Waals surface area contributed by atoms with Crippen LogP contribution in [0, 0.1) is 6.92 Å². The highest BCUT2D eigenvalue weighted by Gasteiger charge is 2.21. The summed E-state index contributed by atoms with van der Waals surface area (Å²) >= 11 is 0. The molecule has 1 heterocycles. The molecule has 1 aliphatic rings. The van der Waals surface area contributed by atoms with E-state index in [4.69, 9.17) is 4.74 Å². The number of likely N-dealkylation sites (tertiary alicyclic amines) is 1. The van der Waals surface area contributed by atoms with Crippen molar-refractivity contribution in [1.29, 1.82) is 0 Å². The van der Waals surface area contributed by atoms with Crippen LogP contribution in [0.1, 0.15) is 18.4 Å². The summed E-state index contributed by atoms with van der Waals surface area (Å²) in [5.41, 5.74) is 3.79. The van der Waals surface area contributed by atoms with Gasteiger partial charge in [0.15, 0.2) is 0 Å². The zero-order valence-electron chi connectivity index (χ0n) is 12.9. The quantitative estimate of drug-likeness (QED) is 0.835.